The summed E-state index contributed by atoms with van der Waals surface area (Å²) in [6.45, 7) is 1.98. The first kappa shape index (κ1) is 8.23. The lowest BCUT2D eigenvalue weighted by atomic mass is 10.6. The Kier molecular flexibility index (Phi) is 3.01. The molecule has 0 aromatic rings. The second-order valence-corrected chi connectivity index (χ2v) is 5.20. The molecule has 2 saturated heterocycles. The molecule has 0 aromatic heterocycles. The van der Waals surface area contributed by atoms with Crippen LogP contribution in [0.5, 0.6) is 0 Å². The maximum atomic E-state index is 5.09. The highest BCUT2D eigenvalue weighted by Gasteiger charge is 2.23. The quantitative estimate of drug-likeness (QED) is 0.359. The van der Waals surface area contributed by atoms with E-state index in [1.807, 2.05) is 23.5 Å². The van der Waals surface area contributed by atoms with Gasteiger partial charge in [-0.05, 0) is 0 Å². The topological polar surface area (TPSA) is 25.1 Å². The summed E-state index contributed by atoms with van der Waals surface area (Å²) in [6.07, 6.45) is 1.16. The number of rotatable bonds is 6. The van der Waals surface area contributed by atoms with Crippen molar-refractivity contribution in [3.05, 3.63) is 0 Å². The van der Waals surface area contributed by atoms with Crippen LogP contribution in [-0.2, 0) is 9.47 Å². The predicted octanol–water partition coefficient (Wildman–Crippen LogP) is 1.21. The van der Waals surface area contributed by atoms with Crippen LogP contribution in [0.2, 0.25) is 0 Å². The standard InChI is InChI=1S/C7H12O2S2/c1-6(8-1)3-10-5-11-4-7-2-9-7/h6-7H,1-5H2. The minimum absolute atomic E-state index is 0.581. The van der Waals surface area contributed by atoms with Gasteiger partial charge in [0.05, 0.1) is 25.4 Å². The Morgan fingerprint density at radius 2 is 1.45 bits per heavy atom. The third-order valence-corrected chi connectivity index (χ3v) is 4.13. The van der Waals surface area contributed by atoms with Crippen LogP contribution in [-0.4, -0.2) is 42.0 Å². The largest absolute Gasteiger partial charge is 0.372 e. The van der Waals surface area contributed by atoms with Gasteiger partial charge in [0, 0.05) is 16.6 Å². The molecule has 2 rings (SSSR count). The summed E-state index contributed by atoms with van der Waals surface area (Å²) in [5, 5.41) is 1.19. The van der Waals surface area contributed by atoms with E-state index in [1.54, 1.807) is 0 Å². The summed E-state index contributed by atoms with van der Waals surface area (Å²) in [5.74, 6) is 2.36. The Hall–Kier alpha value is 0.620. The molecule has 2 aliphatic rings. The highest BCUT2D eigenvalue weighted by Crippen LogP contribution is 2.22. The molecule has 64 valence electrons. The fraction of sp³-hybridized carbons (Fsp3) is 1.00. The van der Waals surface area contributed by atoms with Crippen LogP contribution in [0.1, 0.15) is 0 Å². The molecule has 2 nitrogen and oxygen atoms in total. The van der Waals surface area contributed by atoms with Crippen molar-refractivity contribution in [3.63, 3.8) is 0 Å². The molecule has 11 heavy (non-hydrogen) atoms. The fourth-order valence-corrected chi connectivity index (χ4v) is 2.90. The van der Waals surface area contributed by atoms with Gasteiger partial charge in [0.1, 0.15) is 0 Å². The lowest BCUT2D eigenvalue weighted by Crippen LogP contribution is -1.92. The smallest absolute Gasteiger partial charge is 0.0900 e. The molecule has 0 aromatic carbocycles. The average Bonchev–Trinajstić information content (AvgIpc) is 2.83. The molecule has 0 amide bonds. The Balaban J connectivity index is 1.35. The molecule has 0 spiro atoms. The average molecular weight is 192 g/mol. The maximum Gasteiger partial charge on any atom is 0.0900 e. The Morgan fingerprint density at radius 1 is 1.00 bits per heavy atom. The van der Waals surface area contributed by atoms with Crippen molar-refractivity contribution in [3.8, 4) is 0 Å². The van der Waals surface area contributed by atoms with Gasteiger partial charge >= 0.3 is 0 Å². The van der Waals surface area contributed by atoms with Crippen molar-refractivity contribution in [2.24, 2.45) is 0 Å². The lowest BCUT2D eigenvalue weighted by Gasteiger charge is -1.96. The highest BCUT2D eigenvalue weighted by atomic mass is 32.2. The molecule has 0 bridgehead atoms. The van der Waals surface area contributed by atoms with Gasteiger partial charge in [-0.15, -0.1) is 23.5 Å². The molecule has 2 atom stereocenters. The molecule has 2 heterocycles. The van der Waals surface area contributed by atoms with Crippen LogP contribution in [0.15, 0.2) is 0 Å². The van der Waals surface area contributed by atoms with Crippen molar-refractivity contribution in [1.29, 1.82) is 0 Å². The van der Waals surface area contributed by atoms with Crippen molar-refractivity contribution < 1.29 is 9.47 Å². The predicted molar refractivity (Wildman–Crippen MR) is 49.3 cm³/mol. The minimum Gasteiger partial charge on any atom is -0.372 e. The third kappa shape index (κ3) is 3.69. The van der Waals surface area contributed by atoms with E-state index >= 15 is 0 Å². The minimum atomic E-state index is 0.581. The summed E-state index contributed by atoms with van der Waals surface area (Å²) in [7, 11) is 0. The molecule has 0 aliphatic carbocycles. The maximum absolute atomic E-state index is 5.09. The van der Waals surface area contributed by atoms with Gasteiger partial charge in [0.25, 0.3) is 0 Å². The summed E-state index contributed by atoms with van der Waals surface area (Å²) in [5.41, 5.74) is 0. The number of hydrogen-bond acceptors (Lipinski definition) is 4. The van der Waals surface area contributed by atoms with Crippen LogP contribution in [0.3, 0.4) is 0 Å². The zero-order chi connectivity index (χ0) is 7.52. The molecule has 0 N–H and O–H groups in total. The van der Waals surface area contributed by atoms with Crippen molar-refractivity contribution in [2.75, 3.05) is 29.8 Å². The van der Waals surface area contributed by atoms with Crippen LogP contribution < -0.4 is 0 Å². The van der Waals surface area contributed by atoms with E-state index in [0.29, 0.717) is 12.2 Å². The zero-order valence-electron chi connectivity index (χ0n) is 6.32. The molecule has 2 fully saturated rings. The molecular weight excluding hydrogens is 180 g/mol. The first-order valence-corrected chi connectivity index (χ1v) is 6.15. The monoisotopic (exact) mass is 192 g/mol. The molecule has 2 aliphatic heterocycles. The summed E-state index contributed by atoms with van der Waals surface area (Å²) in [6, 6.07) is 0. The Morgan fingerprint density at radius 3 is 1.82 bits per heavy atom. The SMILES string of the molecule is C(SCC1CO1)SCC1CO1. The van der Waals surface area contributed by atoms with Crippen molar-refractivity contribution >= 4 is 23.5 Å². The molecule has 0 radical (unpaired) electrons. The van der Waals surface area contributed by atoms with Gasteiger partial charge in [-0.3, -0.25) is 0 Å². The van der Waals surface area contributed by atoms with E-state index in [0.717, 1.165) is 13.2 Å². The van der Waals surface area contributed by atoms with E-state index < -0.39 is 0 Å². The summed E-state index contributed by atoms with van der Waals surface area (Å²) < 4.78 is 10.2. The van der Waals surface area contributed by atoms with Crippen molar-refractivity contribution in [1.82, 2.24) is 0 Å². The van der Waals surface area contributed by atoms with Gasteiger partial charge in [-0.2, -0.15) is 0 Å². The van der Waals surface area contributed by atoms with Gasteiger partial charge in [-0.25, -0.2) is 0 Å². The Bertz CT molecular complexity index is 110. The summed E-state index contributed by atoms with van der Waals surface area (Å²) >= 11 is 3.95. The van der Waals surface area contributed by atoms with Gasteiger partial charge in [0.15, 0.2) is 0 Å². The first-order valence-electron chi connectivity index (χ1n) is 3.84. The van der Waals surface area contributed by atoms with Crippen LogP contribution in [0.4, 0.5) is 0 Å². The number of ether oxygens (including phenoxy) is 2. The summed E-state index contributed by atoms with van der Waals surface area (Å²) in [4.78, 5) is 0. The number of hydrogen-bond donors (Lipinski definition) is 0. The van der Waals surface area contributed by atoms with E-state index in [1.165, 1.54) is 16.6 Å². The molecular formula is C7H12O2S2. The lowest BCUT2D eigenvalue weighted by molar-refractivity contribution is 0.426. The zero-order valence-corrected chi connectivity index (χ0v) is 7.96. The molecule has 0 saturated carbocycles. The number of epoxide rings is 2. The first-order chi connectivity index (χ1) is 5.45. The van der Waals surface area contributed by atoms with Gasteiger partial charge < -0.3 is 9.47 Å². The second-order valence-electron chi connectivity index (χ2n) is 2.77. The van der Waals surface area contributed by atoms with Crippen LogP contribution in [0.25, 0.3) is 0 Å². The fourth-order valence-electron chi connectivity index (χ4n) is 0.747. The van der Waals surface area contributed by atoms with Crippen molar-refractivity contribution in [2.45, 2.75) is 12.2 Å². The van der Waals surface area contributed by atoms with E-state index in [9.17, 15) is 0 Å². The van der Waals surface area contributed by atoms with Gasteiger partial charge in [0.2, 0.25) is 0 Å². The van der Waals surface area contributed by atoms with E-state index in [2.05, 4.69) is 0 Å². The molecule has 2 unspecified atom stereocenters. The molecule has 4 heteroatoms. The number of thioether (sulfide) groups is 2. The Labute approximate surface area is 75.4 Å². The highest BCUT2D eigenvalue weighted by molar-refractivity contribution is 8.16. The van der Waals surface area contributed by atoms with Crippen LogP contribution >= 0.6 is 23.5 Å². The third-order valence-electron chi connectivity index (χ3n) is 1.58. The van der Waals surface area contributed by atoms with E-state index in [4.69, 9.17) is 9.47 Å². The van der Waals surface area contributed by atoms with E-state index in [-0.39, 0.29) is 0 Å². The second kappa shape index (κ2) is 4.03. The van der Waals surface area contributed by atoms with Crippen LogP contribution in [0, 0.1) is 0 Å². The normalized spacial score (nSPS) is 33.8. The van der Waals surface area contributed by atoms with Gasteiger partial charge in [-0.1, -0.05) is 0 Å².